The molecule has 0 atom stereocenters. The molecule has 0 aliphatic carbocycles. The van der Waals surface area contributed by atoms with Gasteiger partial charge in [0.15, 0.2) is 0 Å². The van der Waals surface area contributed by atoms with Crippen molar-refractivity contribution in [3.8, 4) is 5.75 Å². The predicted molar refractivity (Wildman–Crippen MR) is 92.9 cm³/mol. The molecule has 122 valence electrons. The number of carbonyl (C=O) groups excluding carboxylic acids is 1. The number of hydrogen-bond donors (Lipinski definition) is 1. The van der Waals surface area contributed by atoms with Crippen LogP contribution >= 0.6 is 0 Å². The summed E-state index contributed by atoms with van der Waals surface area (Å²) in [7, 11) is 3.00. The lowest BCUT2D eigenvalue weighted by atomic mass is 9.97. The van der Waals surface area contributed by atoms with Gasteiger partial charge < -0.3 is 14.5 Å². The average molecular weight is 322 g/mol. The Labute approximate surface area is 139 Å². The molecule has 0 radical (unpaired) electrons. The van der Waals surface area contributed by atoms with Gasteiger partial charge in [-0.1, -0.05) is 12.6 Å². The van der Waals surface area contributed by atoms with Gasteiger partial charge in [0, 0.05) is 40.1 Å². The molecule has 5 nitrogen and oxygen atoms in total. The van der Waals surface area contributed by atoms with Crippen LogP contribution < -0.4 is 4.74 Å². The van der Waals surface area contributed by atoms with Crippen LogP contribution in [0.1, 0.15) is 16.8 Å². The van der Waals surface area contributed by atoms with Gasteiger partial charge in [0.1, 0.15) is 5.75 Å². The van der Waals surface area contributed by atoms with E-state index in [9.17, 15) is 4.79 Å². The molecule has 0 amide bonds. The van der Waals surface area contributed by atoms with Crippen LogP contribution in [0.15, 0.2) is 49.3 Å². The van der Waals surface area contributed by atoms with Crippen LogP contribution in [0, 0.1) is 0 Å². The van der Waals surface area contributed by atoms with Crippen molar-refractivity contribution >= 4 is 22.4 Å². The van der Waals surface area contributed by atoms with Crippen molar-refractivity contribution in [1.29, 1.82) is 0 Å². The fourth-order valence-corrected chi connectivity index (χ4v) is 2.73. The predicted octanol–water partition coefficient (Wildman–Crippen LogP) is 3.35. The molecule has 1 N–H and O–H groups in total. The number of carbonyl (C=O) groups is 1. The molecular formula is C19H18N2O3. The molecule has 0 fully saturated rings. The number of esters is 1. The number of fused-ring (bicyclic) bond motifs is 1. The summed E-state index contributed by atoms with van der Waals surface area (Å²) in [5.41, 5.74) is 4.24. The van der Waals surface area contributed by atoms with Crippen molar-refractivity contribution < 1.29 is 14.3 Å². The van der Waals surface area contributed by atoms with Crippen LogP contribution in [-0.2, 0) is 16.0 Å². The molecule has 0 bridgehead atoms. The summed E-state index contributed by atoms with van der Waals surface area (Å²) in [5, 5.41) is 0.946. The monoisotopic (exact) mass is 322 g/mol. The zero-order valence-electron chi connectivity index (χ0n) is 13.6. The smallest absolute Gasteiger partial charge is 0.311 e. The largest absolute Gasteiger partial charge is 0.497 e. The lowest BCUT2D eigenvalue weighted by Gasteiger charge is -2.08. The highest BCUT2D eigenvalue weighted by Gasteiger charge is 2.18. The maximum absolute atomic E-state index is 11.8. The van der Waals surface area contributed by atoms with Crippen molar-refractivity contribution in [2.24, 2.45) is 0 Å². The molecule has 0 spiro atoms. The number of aromatic nitrogens is 2. The van der Waals surface area contributed by atoms with Crippen LogP contribution in [0.4, 0.5) is 0 Å². The quantitative estimate of drug-likeness (QED) is 0.732. The lowest BCUT2D eigenvalue weighted by Crippen LogP contribution is -2.06. The normalized spacial score (nSPS) is 10.6. The Bertz CT molecular complexity index is 898. The Balaban J connectivity index is 2.19. The minimum absolute atomic E-state index is 0.141. The van der Waals surface area contributed by atoms with Gasteiger partial charge in [-0.3, -0.25) is 9.78 Å². The van der Waals surface area contributed by atoms with Crippen molar-refractivity contribution in [2.75, 3.05) is 14.2 Å². The van der Waals surface area contributed by atoms with Gasteiger partial charge in [0.05, 0.1) is 20.6 Å². The lowest BCUT2D eigenvalue weighted by molar-refractivity contribution is -0.139. The summed E-state index contributed by atoms with van der Waals surface area (Å²) in [5.74, 6) is 0.431. The van der Waals surface area contributed by atoms with E-state index in [1.165, 1.54) is 7.11 Å². The van der Waals surface area contributed by atoms with Gasteiger partial charge in [-0.25, -0.2) is 0 Å². The van der Waals surface area contributed by atoms with E-state index in [1.807, 2.05) is 30.3 Å². The Morgan fingerprint density at radius 1 is 1.29 bits per heavy atom. The van der Waals surface area contributed by atoms with E-state index in [2.05, 4.69) is 16.5 Å². The van der Waals surface area contributed by atoms with E-state index >= 15 is 0 Å². The number of hydrogen-bond acceptors (Lipinski definition) is 4. The number of ether oxygens (including phenoxy) is 2. The van der Waals surface area contributed by atoms with Gasteiger partial charge in [0.25, 0.3) is 0 Å². The van der Waals surface area contributed by atoms with Gasteiger partial charge in [-0.05, 0) is 29.8 Å². The first-order valence-electron chi connectivity index (χ1n) is 7.49. The molecule has 0 saturated carbocycles. The summed E-state index contributed by atoms with van der Waals surface area (Å²) in [4.78, 5) is 19.2. The summed E-state index contributed by atoms with van der Waals surface area (Å²) in [6.45, 7) is 4.21. The number of nitrogens with zero attached hydrogens (tertiary/aromatic N) is 1. The van der Waals surface area contributed by atoms with Crippen LogP contribution in [0.2, 0.25) is 0 Å². The number of nitrogens with one attached hydrogen (secondary N) is 1. The minimum atomic E-state index is -0.311. The van der Waals surface area contributed by atoms with E-state index in [1.54, 1.807) is 19.5 Å². The van der Waals surface area contributed by atoms with E-state index in [4.69, 9.17) is 9.47 Å². The first-order chi connectivity index (χ1) is 11.6. The number of H-pyrrole nitrogens is 1. The Kier molecular flexibility index (Phi) is 4.33. The molecule has 2 heterocycles. The van der Waals surface area contributed by atoms with Gasteiger partial charge in [0.2, 0.25) is 0 Å². The summed E-state index contributed by atoms with van der Waals surface area (Å²) >= 11 is 0. The summed E-state index contributed by atoms with van der Waals surface area (Å²) in [6.07, 6.45) is 3.61. The Morgan fingerprint density at radius 3 is 2.79 bits per heavy atom. The molecule has 24 heavy (non-hydrogen) atoms. The Hall–Kier alpha value is -3.08. The topological polar surface area (TPSA) is 64.2 Å². The minimum Gasteiger partial charge on any atom is -0.497 e. The second-order valence-electron chi connectivity index (χ2n) is 5.36. The third-order valence-corrected chi connectivity index (χ3v) is 3.94. The van der Waals surface area contributed by atoms with Gasteiger partial charge >= 0.3 is 5.97 Å². The van der Waals surface area contributed by atoms with Crippen molar-refractivity contribution in [3.63, 3.8) is 0 Å². The highest BCUT2D eigenvalue weighted by molar-refractivity contribution is 5.99. The maximum atomic E-state index is 11.8. The molecule has 0 saturated heterocycles. The average Bonchev–Trinajstić information content (AvgIpc) is 2.98. The SMILES string of the molecule is C=C(c1cccnc1)c1c(CC(=O)OC)[nH]c2ccc(OC)cc12. The molecule has 3 aromatic rings. The molecule has 1 aromatic carbocycles. The second kappa shape index (κ2) is 6.58. The van der Waals surface area contributed by atoms with Crippen LogP contribution in [0.3, 0.4) is 0 Å². The number of pyridine rings is 1. The number of rotatable bonds is 5. The highest BCUT2D eigenvalue weighted by atomic mass is 16.5. The van der Waals surface area contributed by atoms with E-state index in [0.717, 1.165) is 39.0 Å². The summed E-state index contributed by atoms with van der Waals surface area (Å²) < 4.78 is 10.1. The summed E-state index contributed by atoms with van der Waals surface area (Å²) in [6, 6.07) is 9.53. The van der Waals surface area contributed by atoms with Gasteiger partial charge in [-0.2, -0.15) is 0 Å². The molecule has 0 aliphatic rings. The molecule has 5 heteroatoms. The first kappa shape index (κ1) is 15.8. The molecule has 0 aliphatic heterocycles. The second-order valence-corrected chi connectivity index (χ2v) is 5.36. The number of methoxy groups -OCH3 is 2. The molecular weight excluding hydrogens is 304 g/mol. The Morgan fingerprint density at radius 2 is 2.12 bits per heavy atom. The third kappa shape index (κ3) is 2.88. The maximum Gasteiger partial charge on any atom is 0.311 e. The van der Waals surface area contributed by atoms with Crippen LogP contribution in [0.25, 0.3) is 16.5 Å². The zero-order chi connectivity index (χ0) is 17.1. The van der Waals surface area contributed by atoms with Crippen LogP contribution in [0.5, 0.6) is 5.75 Å². The van der Waals surface area contributed by atoms with E-state index < -0.39 is 0 Å². The fraction of sp³-hybridized carbons (Fsp3) is 0.158. The van der Waals surface area contributed by atoms with E-state index in [-0.39, 0.29) is 12.4 Å². The molecule has 3 rings (SSSR count). The van der Waals surface area contributed by atoms with Crippen molar-refractivity contribution in [3.05, 3.63) is 66.1 Å². The van der Waals surface area contributed by atoms with Crippen LogP contribution in [-0.4, -0.2) is 30.2 Å². The molecule has 2 aromatic heterocycles. The fourth-order valence-electron chi connectivity index (χ4n) is 2.73. The van der Waals surface area contributed by atoms with Crippen molar-refractivity contribution in [1.82, 2.24) is 9.97 Å². The third-order valence-electron chi connectivity index (χ3n) is 3.94. The highest BCUT2D eigenvalue weighted by Crippen LogP contribution is 2.34. The number of benzene rings is 1. The van der Waals surface area contributed by atoms with E-state index in [0.29, 0.717) is 0 Å². The zero-order valence-corrected chi connectivity index (χ0v) is 13.6. The number of aromatic amines is 1. The standard InChI is InChI=1S/C19H18N2O3/c1-12(13-5-4-8-20-11-13)19-15-9-14(23-2)6-7-16(15)21-17(19)10-18(22)24-3/h4-9,11,21H,1,10H2,2-3H3. The first-order valence-corrected chi connectivity index (χ1v) is 7.49. The van der Waals surface area contributed by atoms with Crippen molar-refractivity contribution in [2.45, 2.75) is 6.42 Å². The van der Waals surface area contributed by atoms with Gasteiger partial charge in [-0.15, -0.1) is 0 Å². The molecule has 0 unspecified atom stereocenters.